The van der Waals surface area contributed by atoms with E-state index >= 15 is 0 Å². The van der Waals surface area contributed by atoms with Crippen molar-refractivity contribution in [2.24, 2.45) is 15.9 Å². The Morgan fingerprint density at radius 1 is 1.55 bits per heavy atom. The molecule has 0 heterocycles. The van der Waals surface area contributed by atoms with Crippen LogP contribution in [0, 0.1) is 0 Å². The first-order chi connectivity index (χ1) is 5.26. The van der Waals surface area contributed by atoms with Gasteiger partial charge in [-0.2, -0.15) is 0 Å². The Balaban J connectivity index is 4.08. The average molecular weight is 157 g/mol. The van der Waals surface area contributed by atoms with Crippen LogP contribution in [0.3, 0.4) is 0 Å². The van der Waals surface area contributed by atoms with Gasteiger partial charge in [-0.3, -0.25) is 4.99 Å². The summed E-state index contributed by atoms with van der Waals surface area (Å²) in [6.07, 6.45) is 0.691. The molecule has 0 rings (SSSR count). The maximum absolute atomic E-state index is 8.47. The highest BCUT2D eigenvalue weighted by Gasteiger charge is 1.99. The molecule has 4 nitrogen and oxygen atoms in total. The zero-order valence-electron chi connectivity index (χ0n) is 7.04. The van der Waals surface area contributed by atoms with Gasteiger partial charge in [-0.25, -0.2) is 0 Å². The van der Waals surface area contributed by atoms with Crippen molar-refractivity contribution in [2.45, 2.75) is 20.3 Å². The zero-order chi connectivity index (χ0) is 8.69. The molecule has 0 aliphatic carbocycles. The summed E-state index contributed by atoms with van der Waals surface area (Å²) >= 11 is 0. The lowest BCUT2D eigenvalue weighted by atomic mass is 10.2. The van der Waals surface area contributed by atoms with Gasteiger partial charge in [0.15, 0.2) is 0 Å². The van der Waals surface area contributed by atoms with Crippen molar-refractivity contribution < 1.29 is 5.21 Å². The number of aliphatic imine (C=N–C) groups is 1. The summed E-state index contributed by atoms with van der Waals surface area (Å²) in [5.74, 6) is 0. The van der Waals surface area contributed by atoms with Crippen LogP contribution in [0.2, 0.25) is 0 Å². The van der Waals surface area contributed by atoms with Crippen LogP contribution in [0.5, 0.6) is 0 Å². The molecule has 0 saturated carbocycles. The normalized spacial score (nSPS) is 13.7. The Labute approximate surface area is 66.8 Å². The van der Waals surface area contributed by atoms with Crippen LogP contribution in [0.1, 0.15) is 20.3 Å². The zero-order valence-corrected chi connectivity index (χ0v) is 7.04. The molecule has 0 aromatic carbocycles. The molecule has 0 atom stereocenters. The third-order valence-corrected chi connectivity index (χ3v) is 1.35. The van der Waals surface area contributed by atoms with E-state index in [4.69, 9.17) is 10.9 Å². The SMILES string of the molecule is CC/C(=N\O)C(C)=NCCN. The number of hydrogen-bond acceptors (Lipinski definition) is 4. The van der Waals surface area contributed by atoms with Crippen molar-refractivity contribution in [3.63, 3.8) is 0 Å². The minimum absolute atomic E-state index is 0.528. The molecule has 0 unspecified atom stereocenters. The first kappa shape index (κ1) is 10.1. The first-order valence-corrected chi connectivity index (χ1v) is 3.68. The second-order valence-electron chi connectivity index (χ2n) is 2.16. The Morgan fingerprint density at radius 3 is 2.55 bits per heavy atom. The molecular formula is C7H15N3O. The van der Waals surface area contributed by atoms with E-state index in [1.165, 1.54) is 0 Å². The van der Waals surface area contributed by atoms with Crippen molar-refractivity contribution in [3.8, 4) is 0 Å². The van der Waals surface area contributed by atoms with Crippen molar-refractivity contribution in [2.75, 3.05) is 13.1 Å². The third kappa shape index (κ3) is 3.72. The van der Waals surface area contributed by atoms with E-state index in [1.54, 1.807) is 0 Å². The summed E-state index contributed by atoms with van der Waals surface area (Å²) in [7, 11) is 0. The molecule has 64 valence electrons. The van der Waals surface area contributed by atoms with Crippen molar-refractivity contribution in [1.29, 1.82) is 0 Å². The largest absolute Gasteiger partial charge is 0.411 e. The molecule has 0 aliphatic rings. The summed E-state index contributed by atoms with van der Waals surface area (Å²) in [4.78, 5) is 4.09. The second kappa shape index (κ2) is 5.85. The van der Waals surface area contributed by atoms with Crippen LogP contribution in [0.25, 0.3) is 0 Å². The van der Waals surface area contributed by atoms with Gasteiger partial charge >= 0.3 is 0 Å². The maximum atomic E-state index is 8.47. The van der Waals surface area contributed by atoms with E-state index in [-0.39, 0.29) is 0 Å². The molecule has 0 aromatic heterocycles. The van der Waals surface area contributed by atoms with Crippen LogP contribution in [-0.4, -0.2) is 29.7 Å². The summed E-state index contributed by atoms with van der Waals surface area (Å²) in [5.41, 5.74) is 6.64. The topological polar surface area (TPSA) is 71.0 Å². The number of rotatable bonds is 4. The molecular weight excluding hydrogens is 142 g/mol. The first-order valence-electron chi connectivity index (χ1n) is 3.68. The second-order valence-corrected chi connectivity index (χ2v) is 2.16. The molecule has 0 radical (unpaired) electrons. The monoisotopic (exact) mass is 157 g/mol. The van der Waals surface area contributed by atoms with Gasteiger partial charge in [-0.05, 0) is 13.3 Å². The lowest BCUT2D eigenvalue weighted by Gasteiger charge is -1.98. The highest BCUT2D eigenvalue weighted by atomic mass is 16.4. The number of nitrogens with zero attached hydrogens (tertiary/aromatic N) is 2. The lowest BCUT2D eigenvalue weighted by Crippen LogP contribution is -2.12. The minimum Gasteiger partial charge on any atom is -0.411 e. The fraction of sp³-hybridized carbons (Fsp3) is 0.714. The highest BCUT2D eigenvalue weighted by Crippen LogP contribution is 1.89. The summed E-state index contributed by atoms with van der Waals surface area (Å²) < 4.78 is 0. The molecule has 3 N–H and O–H groups in total. The third-order valence-electron chi connectivity index (χ3n) is 1.35. The predicted molar refractivity (Wildman–Crippen MR) is 46.5 cm³/mol. The van der Waals surface area contributed by atoms with Gasteiger partial charge in [0.1, 0.15) is 0 Å². The van der Waals surface area contributed by atoms with E-state index in [2.05, 4.69) is 10.1 Å². The summed E-state index contributed by atoms with van der Waals surface area (Å²) in [6.45, 7) is 4.84. The van der Waals surface area contributed by atoms with E-state index in [0.717, 1.165) is 5.71 Å². The Kier molecular flexibility index (Phi) is 5.37. The standard InChI is InChI=1S/C7H15N3O/c1-3-7(10-11)6(2)9-5-4-8/h11H,3-5,8H2,1-2H3/b9-6?,10-7+. The van der Waals surface area contributed by atoms with E-state index in [0.29, 0.717) is 25.2 Å². The van der Waals surface area contributed by atoms with Crippen molar-refractivity contribution in [3.05, 3.63) is 0 Å². The van der Waals surface area contributed by atoms with E-state index in [9.17, 15) is 0 Å². The number of hydrogen-bond donors (Lipinski definition) is 2. The molecule has 0 amide bonds. The fourth-order valence-corrected chi connectivity index (χ4v) is 0.722. The Hall–Kier alpha value is -0.900. The molecule has 0 aliphatic heterocycles. The summed E-state index contributed by atoms with van der Waals surface area (Å²) in [5, 5.41) is 11.6. The molecule has 11 heavy (non-hydrogen) atoms. The van der Waals surface area contributed by atoms with Crippen LogP contribution in [-0.2, 0) is 0 Å². The van der Waals surface area contributed by atoms with Crippen LogP contribution < -0.4 is 5.73 Å². The van der Waals surface area contributed by atoms with Crippen LogP contribution in [0.4, 0.5) is 0 Å². The summed E-state index contributed by atoms with van der Waals surface area (Å²) in [6, 6.07) is 0. The molecule has 0 saturated heterocycles. The van der Waals surface area contributed by atoms with Gasteiger partial charge in [0.2, 0.25) is 0 Å². The Morgan fingerprint density at radius 2 is 2.18 bits per heavy atom. The van der Waals surface area contributed by atoms with Crippen molar-refractivity contribution >= 4 is 11.4 Å². The highest BCUT2D eigenvalue weighted by molar-refractivity contribution is 6.41. The predicted octanol–water partition coefficient (Wildman–Crippen LogP) is 0.646. The van der Waals surface area contributed by atoms with Gasteiger partial charge in [0.25, 0.3) is 0 Å². The average Bonchev–Trinajstić information content (AvgIpc) is 2.03. The van der Waals surface area contributed by atoms with Crippen LogP contribution >= 0.6 is 0 Å². The maximum Gasteiger partial charge on any atom is 0.0999 e. The quantitative estimate of drug-likeness (QED) is 0.357. The molecule has 4 heteroatoms. The number of nitrogens with two attached hydrogens (primary N) is 1. The molecule has 0 spiro atoms. The van der Waals surface area contributed by atoms with Gasteiger partial charge in [-0.1, -0.05) is 12.1 Å². The van der Waals surface area contributed by atoms with Gasteiger partial charge < -0.3 is 10.9 Å². The fourth-order valence-electron chi connectivity index (χ4n) is 0.722. The Bertz CT molecular complexity index is 163. The molecule has 0 fully saturated rings. The van der Waals surface area contributed by atoms with E-state index < -0.39 is 0 Å². The van der Waals surface area contributed by atoms with E-state index in [1.807, 2.05) is 13.8 Å². The molecule has 0 bridgehead atoms. The lowest BCUT2D eigenvalue weighted by molar-refractivity contribution is 0.319. The molecule has 0 aromatic rings. The van der Waals surface area contributed by atoms with Gasteiger partial charge in [0.05, 0.1) is 18.0 Å². The van der Waals surface area contributed by atoms with Crippen LogP contribution in [0.15, 0.2) is 10.1 Å². The van der Waals surface area contributed by atoms with Gasteiger partial charge in [0, 0.05) is 6.54 Å². The number of oxime groups is 1. The van der Waals surface area contributed by atoms with Gasteiger partial charge in [-0.15, -0.1) is 0 Å². The smallest absolute Gasteiger partial charge is 0.0999 e. The van der Waals surface area contributed by atoms with Crippen molar-refractivity contribution in [1.82, 2.24) is 0 Å². The minimum atomic E-state index is 0.528.